The Labute approximate surface area is 310 Å². The van der Waals surface area contributed by atoms with Crippen LogP contribution in [0, 0.1) is 0 Å². The molecule has 0 bridgehead atoms. The smallest absolute Gasteiger partial charge is 0.164 e. The van der Waals surface area contributed by atoms with E-state index < -0.39 is 0 Å². The molecule has 8 aromatic carbocycles. The summed E-state index contributed by atoms with van der Waals surface area (Å²) in [6, 6.07) is 63.4. The van der Waals surface area contributed by atoms with E-state index in [1.54, 1.807) is 0 Å². The third kappa shape index (κ3) is 4.98. The van der Waals surface area contributed by atoms with Crippen LogP contribution >= 0.6 is 0 Å². The van der Waals surface area contributed by atoms with Gasteiger partial charge < -0.3 is 8.98 Å². The summed E-state index contributed by atoms with van der Waals surface area (Å²) in [6.07, 6.45) is 0. The SMILES string of the molecule is c1ccc(-c2nc(-c3ccc4c(c3)oc3cc(-c5ccc6ccccc6c5)ccc34)nc(-c3ccc4c(c3)c3ccccc3n4-c3ccccc3)n2)cc1. The van der Waals surface area contributed by atoms with Gasteiger partial charge in [-0.1, -0.05) is 115 Å². The number of aromatic nitrogens is 4. The number of furan rings is 1. The molecule has 0 fully saturated rings. The van der Waals surface area contributed by atoms with E-state index in [1.165, 1.54) is 16.2 Å². The first-order valence-electron chi connectivity index (χ1n) is 18.1. The second-order valence-corrected chi connectivity index (χ2v) is 13.7. The van der Waals surface area contributed by atoms with Gasteiger partial charge in [0.1, 0.15) is 11.2 Å². The minimum atomic E-state index is 0.588. The molecule has 11 rings (SSSR count). The van der Waals surface area contributed by atoms with Crippen LogP contribution in [0.5, 0.6) is 0 Å². The molecule has 5 heteroatoms. The standard InChI is InChI=1S/C49H30N4O/c1-3-12-32(13-4-1)47-50-48(36-23-26-44-42(28-36)39-17-9-10-18-43(39)53(44)38-15-5-2-6-16-38)52-49(51-47)37-22-25-41-40-24-21-35(29-45(40)54-46(41)30-37)34-20-19-31-11-7-8-14-33(31)27-34/h1-30H. The van der Waals surface area contributed by atoms with Crippen LogP contribution in [0.15, 0.2) is 186 Å². The normalized spacial score (nSPS) is 11.7. The molecular formula is C49H30N4O. The zero-order chi connectivity index (χ0) is 35.6. The molecular weight excluding hydrogens is 661 g/mol. The number of rotatable bonds is 5. The fourth-order valence-corrected chi connectivity index (χ4v) is 7.78. The number of fused-ring (bicyclic) bond motifs is 7. The lowest BCUT2D eigenvalue weighted by molar-refractivity contribution is 0.669. The summed E-state index contributed by atoms with van der Waals surface area (Å²) in [5.41, 5.74) is 10.0. The second-order valence-electron chi connectivity index (χ2n) is 13.7. The van der Waals surface area contributed by atoms with Gasteiger partial charge in [-0.15, -0.1) is 0 Å². The predicted molar refractivity (Wildman–Crippen MR) is 221 cm³/mol. The molecule has 0 saturated heterocycles. The molecule has 3 aromatic heterocycles. The Bertz CT molecular complexity index is 3220. The van der Waals surface area contributed by atoms with Gasteiger partial charge in [-0.05, 0) is 88.6 Å². The molecule has 0 N–H and O–H groups in total. The van der Waals surface area contributed by atoms with Crippen molar-refractivity contribution < 1.29 is 4.42 Å². The highest BCUT2D eigenvalue weighted by molar-refractivity contribution is 6.10. The van der Waals surface area contributed by atoms with E-state index in [2.05, 4.69) is 150 Å². The average molecular weight is 691 g/mol. The maximum absolute atomic E-state index is 6.55. The topological polar surface area (TPSA) is 56.7 Å². The van der Waals surface area contributed by atoms with Crippen molar-refractivity contribution in [1.82, 2.24) is 19.5 Å². The average Bonchev–Trinajstić information content (AvgIpc) is 3.78. The number of hydrogen-bond donors (Lipinski definition) is 0. The zero-order valence-corrected chi connectivity index (χ0v) is 29.0. The maximum Gasteiger partial charge on any atom is 0.164 e. The van der Waals surface area contributed by atoms with Gasteiger partial charge in [0.2, 0.25) is 0 Å². The molecule has 0 atom stereocenters. The van der Waals surface area contributed by atoms with Gasteiger partial charge in [0.05, 0.1) is 11.0 Å². The van der Waals surface area contributed by atoms with Gasteiger partial charge in [0, 0.05) is 43.9 Å². The number of nitrogens with zero attached hydrogens (tertiary/aromatic N) is 4. The van der Waals surface area contributed by atoms with E-state index in [0.717, 1.165) is 71.9 Å². The van der Waals surface area contributed by atoms with Crippen molar-refractivity contribution in [3.63, 3.8) is 0 Å². The fraction of sp³-hybridized carbons (Fsp3) is 0. The molecule has 252 valence electrons. The first kappa shape index (κ1) is 30.3. The van der Waals surface area contributed by atoms with Gasteiger partial charge in [-0.3, -0.25) is 0 Å². The molecule has 0 spiro atoms. The number of para-hydroxylation sites is 2. The van der Waals surface area contributed by atoms with Crippen LogP contribution in [0.25, 0.3) is 105 Å². The molecule has 11 aromatic rings. The van der Waals surface area contributed by atoms with E-state index in [-0.39, 0.29) is 0 Å². The largest absolute Gasteiger partial charge is 0.456 e. The maximum atomic E-state index is 6.55. The molecule has 0 unspecified atom stereocenters. The molecule has 0 aliphatic rings. The Kier molecular flexibility index (Phi) is 6.79. The highest BCUT2D eigenvalue weighted by Gasteiger charge is 2.18. The molecule has 54 heavy (non-hydrogen) atoms. The minimum absolute atomic E-state index is 0.588. The zero-order valence-electron chi connectivity index (χ0n) is 29.0. The van der Waals surface area contributed by atoms with E-state index in [1.807, 2.05) is 36.4 Å². The summed E-state index contributed by atoms with van der Waals surface area (Å²) < 4.78 is 8.86. The van der Waals surface area contributed by atoms with Gasteiger partial charge in [-0.2, -0.15) is 0 Å². The summed E-state index contributed by atoms with van der Waals surface area (Å²) in [5, 5.41) is 6.89. The molecule has 0 aliphatic heterocycles. The molecule has 0 radical (unpaired) electrons. The quantitative estimate of drug-likeness (QED) is 0.180. The van der Waals surface area contributed by atoms with Crippen LogP contribution in [0.3, 0.4) is 0 Å². The van der Waals surface area contributed by atoms with Crippen LogP contribution in [0.1, 0.15) is 0 Å². The van der Waals surface area contributed by atoms with Crippen molar-refractivity contribution in [1.29, 1.82) is 0 Å². The molecule has 0 saturated carbocycles. The Balaban J connectivity index is 1.04. The third-order valence-electron chi connectivity index (χ3n) is 10.4. The van der Waals surface area contributed by atoms with Gasteiger partial charge >= 0.3 is 0 Å². The first-order valence-corrected chi connectivity index (χ1v) is 18.1. The van der Waals surface area contributed by atoms with Crippen LogP contribution in [0.2, 0.25) is 0 Å². The molecule has 0 amide bonds. The summed E-state index contributed by atoms with van der Waals surface area (Å²) >= 11 is 0. The first-order chi connectivity index (χ1) is 26.7. The van der Waals surface area contributed by atoms with Crippen molar-refractivity contribution in [3.05, 3.63) is 182 Å². The fourth-order valence-electron chi connectivity index (χ4n) is 7.78. The van der Waals surface area contributed by atoms with Crippen molar-refractivity contribution in [2.24, 2.45) is 0 Å². The number of hydrogen-bond acceptors (Lipinski definition) is 4. The molecule has 5 nitrogen and oxygen atoms in total. The summed E-state index contributed by atoms with van der Waals surface area (Å²) in [4.78, 5) is 15.2. The monoisotopic (exact) mass is 690 g/mol. The van der Waals surface area contributed by atoms with E-state index in [0.29, 0.717) is 17.5 Å². The Hall–Kier alpha value is -7.37. The lowest BCUT2D eigenvalue weighted by atomic mass is 10.00. The molecule has 3 heterocycles. The van der Waals surface area contributed by atoms with Crippen LogP contribution in [-0.4, -0.2) is 19.5 Å². The highest BCUT2D eigenvalue weighted by atomic mass is 16.3. The van der Waals surface area contributed by atoms with Gasteiger partial charge in [-0.25, -0.2) is 15.0 Å². The van der Waals surface area contributed by atoms with Crippen molar-refractivity contribution in [2.45, 2.75) is 0 Å². The van der Waals surface area contributed by atoms with Gasteiger partial charge in [0.25, 0.3) is 0 Å². The Morgan fingerprint density at radius 3 is 1.65 bits per heavy atom. The Morgan fingerprint density at radius 2 is 0.870 bits per heavy atom. The summed E-state index contributed by atoms with van der Waals surface area (Å²) in [5.74, 6) is 1.82. The minimum Gasteiger partial charge on any atom is -0.456 e. The van der Waals surface area contributed by atoms with Crippen LogP contribution in [0.4, 0.5) is 0 Å². The molecule has 0 aliphatic carbocycles. The Morgan fingerprint density at radius 1 is 0.333 bits per heavy atom. The van der Waals surface area contributed by atoms with Crippen molar-refractivity contribution >= 4 is 54.5 Å². The van der Waals surface area contributed by atoms with E-state index in [9.17, 15) is 0 Å². The lowest BCUT2D eigenvalue weighted by Gasteiger charge is -2.10. The van der Waals surface area contributed by atoms with E-state index in [4.69, 9.17) is 19.4 Å². The van der Waals surface area contributed by atoms with Gasteiger partial charge in [0.15, 0.2) is 17.5 Å². The highest BCUT2D eigenvalue weighted by Crippen LogP contribution is 2.37. The van der Waals surface area contributed by atoms with Crippen molar-refractivity contribution in [3.8, 4) is 51.0 Å². The predicted octanol–water partition coefficient (Wildman–Crippen LogP) is 12.7. The number of benzene rings is 8. The second kappa shape index (κ2) is 12.1. The lowest BCUT2D eigenvalue weighted by Crippen LogP contribution is -2.00. The van der Waals surface area contributed by atoms with Crippen LogP contribution < -0.4 is 0 Å². The van der Waals surface area contributed by atoms with Crippen LogP contribution in [-0.2, 0) is 0 Å². The summed E-state index contributed by atoms with van der Waals surface area (Å²) in [6.45, 7) is 0. The third-order valence-corrected chi connectivity index (χ3v) is 10.4. The van der Waals surface area contributed by atoms with E-state index >= 15 is 0 Å². The van der Waals surface area contributed by atoms with Crippen molar-refractivity contribution in [2.75, 3.05) is 0 Å². The summed E-state index contributed by atoms with van der Waals surface area (Å²) in [7, 11) is 0.